The number of thioether (sulfide) groups is 1. The third-order valence-electron chi connectivity index (χ3n) is 3.92. The molecule has 0 N–H and O–H groups in total. The number of hydrogen-bond donors (Lipinski definition) is 0. The van der Waals surface area contributed by atoms with Crippen LogP contribution in [0.15, 0.2) is 58.2 Å². The Morgan fingerprint density at radius 1 is 0.962 bits per heavy atom. The molecule has 1 aliphatic heterocycles. The quantitative estimate of drug-likeness (QED) is 0.491. The van der Waals surface area contributed by atoms with Crippen molar-refractivity contribution < 1.29 is 14.0 Å². The summed E-state index contributed by atoms with van der Waals surface area (Å²) >= 11 is 7.16. The molecule has 1 aliphatic rings. The first kappa shape index (κ1) is 16.8. The molecule has 2 heterocycles. The van der Waals surface area contributed by atoms with E-state index in [1.54, 1.807) is 48.5 Å². The third kappa shape index (κ3) is 3.11. The molecule has 4 rings (SSSR count). The smallest absolute Gasteiger partial charge is 0.276 e. The van der Waals surface area contributed by atoms with Gasteiger partial charge in [-0.3, -0.25) is 14.5 Å². The summed E-state index contributed by atoms with van der Waals surface area (Å²) in [7, 11) is 0. The lowest BCUT2D eigenvalue weighted by molar-refractivity contribution is 0.0664. The van der Waals surface area contributed by atoms with Crippen molar-refractivity contribution in [3.8, 4) is 11.5 Å². The van der Waals surface area contributed by atoms with Gasteiger partial charge in [-0.1, -0.05) is 35.5 Å². The van der Waals surface area contributed by atoms with Crippen LogP contribution in [0.25, 0.3) is 11.5 Å². The highest BCUT2D eigenvalue weighted by Gasteiger charge is 2.34. The monoisotopic (exact) mass is 385 g/mol. The van der Waals surface area contributed by atoms with Crippen molar-refractivity contribution in [3.05, 3.63) is 64.7 Å². The minimum atomic E-state index is -0.265. The van der Waals surface area contributed by atoms with Crippen molar-refractivity contribution in [1.82, 2.24) is 15.1 Å². The molecular formula is C18H12ClN3O3S. The molecule has 26 heavy (non-hydrogen) atoms. The van der Waals surface area contributed by atoms with Gasteiger partial charge in [-0.25, -0.2) is 0 Å². The lowest BCUT2D eigenvalue weighted by Gasteiger charge is -2.12. The number of aromatic nitrogens is 2. The fraction of sp³-hybridized carbons (Fsp3) is 0.111. The maximum Gasteiger partial charge on any atom is 0.276 e. The Morgan fingerprint density at radius 2 is 1.62 bits per heavy atom. The predicted octanol–water partition coefficient (Wildman–Crippen LogP) is 3.78. The van der Waals surface area contributed by atoms with Crippen LogP contribution >= 0.6 is 23.4 Å². The molecule has 0 spiro atoms. The van der Waals surface area contributed by atoms with E-state index in [0.717, 1.165) is 5.56 Å². The van der Waals surface area contributed by atoms with Crippen molar-refractivity contribution in [3.63, 3.8) is 0 Å². The van der Waals surface area contributed by atoms with Crippen molar-refractivity contribution in [1.29, 1.82) is 0 Å². The second-order valence-electron chi connectivity index (χ2n) is 5.54. The van der Waals surface area contributed by atoms with E-state index in [1.165, 1.54) is 16.7 Å². The highest BCUT2D eigenvalue weighted by atomic mass is 35.5. The fourth-order valence-electron chi connectivity index (χ4n) is 2.64. The van der Waals surface area contributed by atoms with Gasteiger partial charge in [0.05, 0.1) is 11.1 Å². The second-order valence-corrected chi connectivity index (χ2v) is 7.02. The number of halogens is 1. The van der Waals surface area contributed by atoms with Gasteiger partial charge < -0.3 is 4.42 Å². The molecule has 6 nitrogen and oxygen atoms in total. The summed E-state index contributed by atoms with van der Waals surface area (Å²) in [4.78, 5) is 25.8. The summed E-state index contributed by atoms with van der Waals surface area (Å²) in [6.45, 7) is 0.273. The SMILES string of the molecule is O=C1c2ccccc2C(=O)N1CCSc1nnc(-c2ccc(Cl)cc2)o1. The van der Waals surface area contributed by atoms with Crippen LogP contribution in [0, 0.1) is 0 Å². The van der Waals surface area contributed by atoms with E-state index in [9.17, 15) is 9.59 Å². The van der Waals surface area contributed by atoms with Crippen LogP contribution in [-0.4, -0.2) is 39.2 Å². The van der Waals surface area contributed by atoms with E-state index in [0.29, 0.717) is 33.0 Å². The minimum Gasteiger partial charge on any atom is -0.411 e. The Labute approximate surface area is 158 Å². The number of imide groups is 1. The molecule has 0 saturated heterocycles. The van der Waals surface area contributed by atoms with Gasteiger partial charge >= 0.3 is 0 Å². The topological polar surface area (TPSA) is 76.3 Å². The Balaban J connectivity index is 1.38. The average Bonchev–Trinajstić information content (AvgIpc) is 3.22. The van der Waals surface area contributed by atoms with Crippen LogP contribution in [0.5, 0.6) is 0 Å². The van der Waals surface area contributed by atoms with Gasteiger partial charge in [-0.05, 0) is 36.4 Å². The molecule has 0 saturated carbocycles. The summed E-state index contributed by atoms with van der Waals surface area (Å²) in [5.41, 5.74) is 1.67. The van der Waals surface area contributed by atoms with Gasteiger partial charge in [-0.2, -0.15) is 0 Å². The highest BCUT2D eigenvalue weighted by Crippen LogP contribution is 2.26. The van der Waals surface area contributed by atoms with Gasteiger partial charge in [0.15, 0.2) is 0 Å². The molecule has 2 aromatic carbocycles. The summed E-state index contributed by atoms with van der Waals surface area (Å²) in [6, 6.07) is 13.9. The second kappa shape index (κ2) is 6.93. The lowest BCUT2D eigenvalue weighted by atomic mass is 10.1. The van der Waals surface area contributed by atoms with E-state index >= 15 is 0 Å². The molecule has 8 heteroatoms. The highest BCUT2D eigenvalue weighted by molar-refractivity contribution is 7.99. The summed E-state index contributed by atoms with van der Waals surface area (Å²) < 4.78 is 5.60. The molecule has 3 aromatic rings. The van der Waals surface area contributed by atoms with Crippen molar-refractivity contribution in [2.24, 2.45) is 0 Å². The van der Waals surface area contributed by atoms with Gasteiger partial charge in [0, 0.05) is 22.9 Å². The molecule has 0 unspecified atom stereocenters. The number of nitrogens with zero attached hydrogens (tertiary/aromatic N) is 3. The number of carbonyl (C=O) groups is 2. The van der Waals surface area contributed by atoms with Gasteiger partial charge in [0.1, 0.15) is 0 Å². The zero-order chi connectivity index (χ0) is 18.1. The van der Waals surface area contributed by atoms with Crippen molar-refractivity contribution in [2.45, 2.75) is 5.22 Å². The molecule has 0 aliphatic carbocycles. The van der Waals surface area contributed by atoms with Gasteiger partial charge in [-0.15, -0.1) is 10.2 Å². The molecule has 0 bridgehead atoms. The van der Waals surface area contributed by atoms with E-state index in [1.807, 2.05) is 0 Å². The Bertz CT molecular complexity index is 952. The van der Waals surface area contributed by atoms with Crippen LogP contribution in [0.4, 0.5) is 0 Å². The standard InChI is InChI=1S/C18H12ClN3O3S/c19-12-7-5-11(6-8-12)15-20-21-18(25-15)26-10-9-22-16(23)13-3-1-2-4-14(13)17(22)24/h1-8H,9-10H2. The molecular weight excluding hydrogens is 374 g/mol. The van der Waals surface area contributed by atoms with Gasteiger partial charge in [0.25, 0.3) is 17.0 Å². The Morgan fingerprint density at radius 3 is 2.27 bits per heavy atom. The van der Waals surface area contributed by atoms with Crippen molar-refractivity contribution >= 4 is 35.2 Å². The first-order valence-corrected chi connectivity index (χ1v) is 9.17. The number of amides is 2. The van der Waals surface area contributed by atoms with E-state index in [4.69, 9.17) is 16.0 Å². The molecule has 1 aromatic heterocycles. The zero-order valence-corrected chi connectivity index (χ0v) is 15.0. The van der Waals surface area contributed by atoms with Crippen LogP contribution < -0.4 is 0 Å². The zero-order valence-electron chi connectivity index (χ0n) is 13.4. The van der Waals surface area contributed by atoms with Crippen LogP contribution in [0.1, 0.15) is 20.7 Å². The first-order valence-electron chi connectivity index (χ1n) is 7.81. The Hall–Kier alpha value is -2.64. The number of hydrogen-bond acceptors (Lipinski definition) is 6. The summed E-state index contributed by atoms with van der Waals surface area (Å²) in [6.07, 6.45) is 0. The molecule has 2 amide bonds. The van der Waals surface area contributed by atoms with E-state index < -0.39 is 0 Å². The normalized spacial score (nSPS) is 13.3. The minimum absolute atomic E-state index is 0.265. The lowest BCUT2D eigenvalue weighted by Crippen LogP contribution is -2.31. The number of carbonyl (C=O) groups excluding carboxylic acids is 2. The number of fused-ring (bicyclic) bond motifs is 1. The summed E-state index contributed by atoms with van der Waals surface area (Å²) in [5, 5.41) is 8.99. The molecule has 0 fully saturated rings. The number of benzene rings is 2. The maximum atomic E-state index is 12.3. The Kier molecular flexibility index (Phi) is 4.48. The number of rotatable bonds is 5. The first-order chi connectivity index (χ1) is 12.6. The van der Waals surface area contributed by atoms with Crippen LogP contribution in [0.2, 0.25) is 5.02 Å². The maximum absolute atomic E-state index is 12.3. The largest absolute Gasteiger partial charge is 0.411 e. The summed E-state index contributed by atoms with van der Waals surface area (Å²) in [5.74, 6) is 0.329. The fourth-order valence-corrected chi connectivity index (χ4v) is 3.45. The van der Waals surface area contributed by atoms with Crippen LogP contribution in [0.3, 0.4) is 0 Å². The van der Waals surface area contributed by atoms with Gasteiger partial charge in [0.2, 0.25) is 5.89 Å². The van der Waals surface area contributed by atoms with Crippen molar-refractivity contribution in [2.75, 3.05) is 12.3 Å². The molecule has 130 valence electrons. The molecule has 0 radical (unpaired) electrons. The average molecular weight is 386 g/mol. The molecule has 0 atom stereocenters. The predicted molar refractivity (Wildman–Crippen MR) is 97.3 cm³/mol. The third-order valence-corrected chi connectivity index (χ3v) is 4.97. The van der Waals surface area contributed by atoms with Crippen LogP contribution in [-0.2, 0) is 0 Å². The van der Waals surface area contributed by atoms with E-state index in [-0.39, 0.29) is 18.4 Å². The van der Waals surface area contributed by atoms with E-state index in [2.05, 4.69) is 10.2 Å².